The number of hydrazine groups is 1. The van der Waals surface area contributed by atoms with Crippen molar-refractivity contribution < 1.29 is 23.9 Å². The van der Waals surface area contributed by atoms with E-state index in [4.69, 9.17) is 15.3 Å². The van der Waals surface area contributed by atoms with Crippen LogP contribution >= 0.6 is 0 Å². The van der Waals surface area contributed by atoms with Crippen LogP contribution in [0.15, 0.2) is 64.8 Å². The molecule has 2 heterocycles. The molecular weight excluding hydrogens is 440 g/mol. The summed E-state index contributed by atoms with van der Waals surface area (Å²) in [6, 6.07) is 13.8. The maximum atomic E-state index is 13.2. The predicted molar refractivity (Wildman–Crippen MR) is 119 cm³/mol. The van der Waals surface area contributed by atoms with Crippen molar-refractivity contribution in [1.29, 1.82) is 5.26 Å². The summed E-state index contributed by atoms with van der Waals surface area (Å²) in [5.41, 5.74) is 3.11. The zero-order chi connectivity index (χ0) is 24.5. The molecule has 3 amide bonds. The van der Waals surface area contributed by atoms with E-state index in [0.29, 0.717) is 22.6 Å². The molecule has 0 spiro atoms. The molecule has 2 aromatic rings. The summed E-state index contributed by atoms with van der Waals surface area (Å²) in [5, 5.41) is 16.7. The van der Waals surface area contributed by atoms with Gasteiger partial charge >= 0.3 is 0 Å². The third-order valence-electron chi connectivity index (χ3n) is 5.87. The number of hydrazone groups is 1. The van der Waals surface area contributed by atoms with Gasteiger partial charge in [-0.15, -0.1) is 0 Å². The number of fused-ring (bicyclic) bond motifs is 1. The number of rotatable bonds is 5. The molecule has 0 aromatic heterocycles. The van der Waals surface area contributed by atoms with Crippen molar-refractivity contribution in [2.75, 3.05) is 14.2 Å². The predicted octanol–water partition coefficient (Wildman–Crippen LogP) is -0.216. The number of nitriles is 1. The van der Waals surface area contributed by atoms with E-state index < -0.39 is 34.8 Å². The molecular formula is C23H20N6O5. The zero-order valence-electron chi connectivity index (χ0n) is 18.2. The quantitative estimate of drug-likeness (QED) is 0.272. The monoisotopic (exact) mass is 460 g/mol. The number of amides is 3. The van der Waals surface area contributed by atoms with Gasteiger partial charge in [-0.3, -0.25) is 19.8 Å². The van der Waals surface area contributed by atoms with E-state index in [9.17, 15) is 19.6 Å². The van der Waals surface area contributed by atoms with Gasteiger partial charge in [0.2, 0.25) is 0 Å². The Morgan fingerprint density at radius 3 is 2.21 bits per heavy atom. The molecule has 11 nitrogen and oxygen atoms in total. The molecule has 0 aliphatic carbocycles. The Morgan fingerprint density at radius 1 is 1.09 bits per heavy atom. The topological polar surface area (TPSA) is 168 Å². The van der Waals surface area contributed by atoms with Crippen molar-refractivity contribution in [1.82, 2.24) is 16.2 Å². The molecule has 2 atom stereocenters. The molecule has 4 rings (SSSR count). The van der Waals surface area contributed by atoms with E-state index in [2.05, 4.69) is 15.8 Å². The average Bonchev–Trinajstić information content (AvgIpc) is 2.88. The van der Waals surface area contributed by atoms with Gasteiger partial charge in [-0.25, -0.2) is 11.3 Å². The second kappa shape index (κ2) is 8.68. The fraction of sp³-hybridized carbons (Fsp3) is 0.174. The minimum atomic E-state index is -1.69. The van der Waals surface area contributed by atoms with Gasteiger partial charge in [0.05, 0.1) is 25.5 Å². The van der Waals surface area contributed by atoms with Gasteiger partial charge in [-0.05, 0) is 47.5 Å². The number of hydrogen-bond acceptors (Lipinski definition) is 8. The van der Waals surface area contributed by atoms with Gasteiger partial charge in [-0.1, -0.05) is 12.1 Å². The number of nitrogens with zero attached hydrogens (tertiary/aromatic N) is 2. The molecule has 5 N–H and O–H groups in total. The second-order valence-electron chi connectivity index (χ2n) is 7.44. The number of nitrogens with one attached hydrogen (secondary N) is 3. The molecule has 172 valence electrons. The van der Waals surface area contributed by atoms with Gasteiger partial charge < -0.3 is 14.8 Å². The first-order valence-corrected chi connectivity index (χ1v) is 10.1. The minimum absolute atomic E-state index is 0.219. The summed E-state index contributed by atoms with van der Waals surface area (Å²) >= 11 is 0. The number of carbonyl (C=O) groups is 3. The van der Waals surface area contributed by atoms with Gasteiger partial charge in [0.1, 0.15) is 34.6 Å². The van der Waals surface area contributed by atoms with Crippen LogP contribution in [0.2, 0.25) is 0 Å². The summed E-state index contributed by atoms with van der Waals surface area (Å²) in [4.78, 5) is 39.0. The highest BCUT2D eigenvalue weighted by Gasteiger charge is 2.60. The maximum absolute atomic E-state index is 13.2. The molecule has 0 radical (unpaired) electrons. The SMILES string of the molecule is COc1ccc(C2=NNC(=O)C3NC(=O)C(C#N)=C(C(=O)NN)C23c2ccc(OC)cc2)cc1. The molecule has 0 fully saturated rings. The van der Waals surface area contributed by atoms with Crippen LogP contribution in [0.3, 0.4) is 0 Å². The van der Waals surface area contributed by atoms with Gasteiger partial charge in [0.25, 0.3) is 17.7 Å². The summed E-state index contributed by atoms with van der Waals surface area (Å²) in [6.07, 6.45) is 0. The molecule has 11 heteroatoms. The van der Waals surface area contributed by atoms with E-state index in [1.54, 1.807) is 54.6 Å². The fourth-order valence-electron chi connectivity index (χ4n) is 4.36. The molecule has 0 saturated carbocycles. The van der Waals surface area contributed by atoms with Crippen molar-refractivity contribution in [3.63, 3.8) is 0 Å². The molecule has 0 bridgehead atoms. The van der Waals surface area contributed by atoms with Crippen LogP contribution in [-0.4, -0.2) is 43.7 Å². The highest BCUT2D eigenvalue weighted by molar-refractivity contribution is 6.25. The number of methoxy groups -OCH3 is 2. The van der Waals surface area contributed by atoms with Crippen molar-refractivity contribution in [2.45, 2.75) is 11.5 Å². The Hall–Kier alpha value is -4.69. The van der Waals surface area contributed by atoms with Crippen LogP contribution in [0.1, 0.15) is 11.1 Å². The Bertz CT molecular complexity index is 1280. The third kappa shape index (κ3) is 3.25. The Labute approximate surface area is 194 Å². The normalized spacial score (nSPS) is 21.4. The molecule has 34 heavy (non-hydrogen) atoms. The van der Waals surface area contributed by atoms with Crippen molar-refractivity contribution in [3.05, 3.63) is 70.8 Å². The molecule has 2 aliphatic rings. The molecule has 0 saturated heterocycles. The molecule has 2 unspecified atom stereocenters. The lowest BCUT2D eigenvalue weighted by Gasteiger charge is -2.47. The summed E-state index contributed by atoms with van der Waals surface area (Å²) in [6.45, 7) is 0. The van der Waals surface area contributed by atoms with Crippen LogP contribution in [0, 0.1) is 11.3 Å². The van der Waals surface area contributed by atoms with Crippen molar-refractivity contribution in [2.24, 2.45) is 10.9 Å². The van der Waals surface area contributed by atoms with Crippen LogP contribution < -0.4 is 31.5 Å². The number of carbonyl (C=O) groups excluding carboxylic acids is 3. The van der Waals surface area contributed by atoms with Crippen LogP contribution in [-0.2, 0) is 19.8 Å². The summed E-state index contributed by atoms with van der Waals surface area (Å²) in [7, 11) is 3.01. The minimum Gasteiger partial charge on any atom is -0.497 e. The number of benzene rings is 2. The first-order valence-electron chi connectivity index (χ1n) is 10.1. The lowest BCUT2D eigenvalue weighted by molar-refractivity contribution is -0.130. The zero-order valence-corrected chi connectivity index (χ0v) is 18.2. The third-order valence-corrected chi connectivity index (χ3v) is 5.87. The summed E-state index contributed by atoms with van der Waals surface area (Å²) in [5.74, 6) is 4.13. The highest BCUT2D eigenvalue weighted by Crippen LogP contribution is 2.45. The molecule has 2 aromatic carbocycles. The lowest BCUT2D eigenvalue weighted by atomic mass is 9.60. The van der Waals surface area contributed by atoms with Crippen LogP contribution in [0.5, 0.6) is 11.5 Å². The van der Waals surface area contributed by atoms with E-state index >= 15 is 0 Å². The Morgan fingerprint density at radius 2 is 1.68 bits per heavy atom. The van der Waals surface area contributed by atoms with E-state index in [1.807, 2.05) is 5.43 Å². The fourth-order valence-corrected chi connectivity index (χ4v) is 4.36. The largest absolute Gasteiger partial charge is 0.497 e. The van der Waals surface area contributed by atoms with E-state index in [-0.39, 0.29) is 11.3 Å². The van der Waals surface area contributed by atoms with Crippen LogP contribution in [0.4, 0.5) is 0 Å². The average molecular weight is 460 g/mol. The first kappa shape index (κ1) is 22.5. The number of ether oxygens (including phenoxy) is 2. The van der Waals surface area contributed by atoms with Gasteiger partial charge in [-0.2, -0.15) is 10.4 Å². The number of hydrogen-bond donors (Lipinski definition) is 4. The Balaban J connectivity index is 2.13. The second-order valence-corrected chi connectivity index (χ2v) is 7.44. The first-order chi connectivity index (χ1) is 16.4. The molecule has 2 aliphatic heterocycles. The van der Waals surface area contributed by atoms with Crippen LogP contribution in [0.25, 0.3) is 0 Å². The standard InChI is InChI=1S/C23H20N6O5/c1-33-14-7-3-12(4-8-14)18-23(13-5-9-15(34-2)10-6-13)17(21(31)27-25)16(11-24)20(30)26-19(23)22(32)29-28-18/h3-10,19H,25H2,1-2H3,(H,26,30)(H,27,31)(H,29,32). The Kier molecular flexibility index (Phi) is 5.75. The van der Waals surface area contributed by atoms with Gasteiger partial charge in [0.15, 0.2) is 0 Å². The summed E-state index contributed by atoms with van der Waals surface area (Å²) < 4.78 is 10.5. The lowest BCUT2D eigenvalue weighted by Crippen LogP contribution is -2.69. The maximum Gasteiger partial charge on any atom is 0.264 e. The highest BCUT2D eigenvalue weighted by atomic mass is 16.5. The van der Waals surface area contributed by atoms with Crippen molar-refractivity contribution in [3.8, 4) is 17.6 Å². The number of nitrogens with two attached hydrogens (primary N) is 1. The van der Waals surface area contributed by atoms with E-state index in [0.717, 1.165) is 0 Å². The smallest absolute Gasteiger partial charge is 0.264 e. The van der Waals surface area contributed by atoms with Gasteiger partial charge in [0, 0.05) is 0 Å². The van der Waals surface area contributed by atoms with E-state index in [1.165, 1.54) is 14.2 Å². The van der Waals surface area contributed by atoms with Crippen molar-refractivity contribution >= 4 is 23.4 Å².